The van der Waals surface area contributed by atoms with E-state index in [1.807, 2.05) is 42.5 Å². The SMILES string of the molecule is CC(C)(C)[Si](OC[C@@H]1OC(c2ccccc2)O[C@H]1CO)(c1ccccc1)c1ccccc1. The molecule has 4 nitrogen and oxygen atoms in total. The summed E-state index contributed by atoms with van der Waals surface area (Å²) in [5, 5.41) is 12.3. The minimum Gasteiger partial charge on any atom is -0.405 e. The minimum absolute atomic E-state index is 0.113. The predicted octanol–water partition coefficient (Wildman–Crippen LogP) is 4.04. The van der Waals surface area contributed by atoms with Crippen LogP contribution in [-0.2, 0) is 13.9 Å². The lowest BCUT2D eigenvalue weighted by Gasteiger charge is -2.43. The van der Waals surface area contributed by atoms with E-state index in [-0.39, 0.29) is 17.7 Å². The highest BCUT2D eigenvalue weighted by Crippen LogP contribution is 2.38. The Bertz CT molecular complexity index is 933. The molecule has 0 bridgehead atoms. The van der Waals surface area contributed by atoms with Crippen LogP contribution in [0.1, 0.15) is 32.6 Å². The number of benzene rings is 3. The Labute approximate surface area is 191 Å². The van der Waals surface area contributed by atoms with Crippen molar-refractivity contribution < 1.29 is 19.0 Å². The van der Waals surface area contributed by atoms with Crippen molar-refractivity contribution >= 4 is 18.7 Å². The maximum absolute atomic E-state index is 9.98. The zero-order valence-corrected chi connectivity index (χ0v) is 20.0. The first-order valence-electron chi connectivity index (χ1n) is 11.2. The van der Waals surface area contributed by atoms with E-state index in [2.05, 4.69) is 69.3 Å². The predicted molar refractivity (Wildman–Crippen MR) is 130 cm³/mol. The summed E-state index contributed by atoms with van der Waals surface area (Å²) in [5.74, 6) is 0. The van der Waals surface area contributed by atoms with E-state index in [1.165, 1.54) is 10.4 Å². The summed E-state index contributed by atoms with van der Waals surface area (Å²) >= 11 is 0. The molecule has 1 aliphatic heterocycles. The molecular formula is C27H32O4Si. The van der Waals surface area contributed by atoms with Gasteiger partial charge in [0.2, 0.25) is 0 Å². The molecule has 1 saturated heterocycles. The Morgan fingerprint density at radius 1 is 0.750 bits per heavy atom. The van der Waals surface area contributed by atoms with Gasteiger partial charge < -0.3 is 19.0 Å². The molecule has 1 unspecified atom stereocenters. The van der Waals surface area contributed by atoms with Gasteiger partial charge in [0, 0.05) is 5.56 Å². The molecule has 1 fully saturated rings. The highest BCUT2D eigenvalue weighted by molar-refractivity contribution is 6.99. The van der Waals surface area contributed by atoms with Crippen LogP contribution in [0.2, 0.25) is 5.04 Å². The van der Waals surface area contributed by atoms with Crippen LogP contribution < -0.4 is 10.4 Å². The fourth-order valence-corrected chi connectivity index (χ4v) is 9.14. The summed E-state index contributed by atoms with van der Waals surface area (Å²) in [4.78, 5) is 0. The third kappa shape index (κ3) is 4.44. The molecule has 0 aromatic heterocycles. The van der Waals surface area contributed by atoms with E-state index in [1.54, 1.807) is 0 Å². The first kappa shape index (κ1) is 22.9. The highest BCUT2D eigenvalue weighted by atomic mass is 28.4. The van der Waals surface area contributed by atoms with Crippen molar-refractivity contribution in [1.82, 2.24) is 0 Å². The van der Waals surface area contributed by atoms with E-state index in [9.17, 15) is 5.11 Å². The summed E-state index contributed by atoms with van der Waals surface area (Å²) in [7, 11) is -2.68. The average molecular weight is 449 g/mol. The van der Waals surface area contributed by atoms with Crippen molar-refractivity contribution in [3.63, 3.8) is 0 Å². The van der Waals surface area contributed by atoms with Crippen LogP contribution in [0.5, 0.6) is 0 Å². The Kier molecular flexibility index (Phi) is 6.93. The van der Waals surface area contributed by atoms with Crippen molar-refractivity contribution in [3.05, 3.63) is 96.6 Å². The number of hydrogen-bond donors (Lipinski definition) is 1. The maximum atomic E-state index is 9.98. The number of hydrogen-bond acceptors (Lipinski definition) is 4. The second-order valence-corrected chi connectivity index (χ2v) is 13.6. The fraction of sp³-hybridized carbons (Fsp3) is 0.333. The van der Waals surface area contributed by atoms with Gasteiger partial charge in [-0.2, -0.15) is 0 Å². The normalized spacial score (nSPS) is 21.6. The third-order valence-electron chi connectivity index (χ3n) is 6.14. The molecule has 32 heavy (non-hydrogen) atoms. The summed E-state index contributed by atoms with van der Waals surface area (Å²) in [6.07, 6.45) is -1.29. The van der Waals surface area contributed by atoms with Gasteiger partial charge in [0.15, 0.2) is 6.29 Å². The summed E-state index contributed by atoms with van der Waals surface area (Å²) in [5.41, 5.74) is 0.943. The lowest BCUT2D eigenvalue weighted by Crippen LogP contribution is -2.67. The Hall–Kier alpha value is -2.28. The smallest absolute Gasteiger partial charge is 0.261 e. The van der Waals surface area contributed by atoms with Crippen LogP contribution in [0.3, 0.4) is 0 Å². The zero-order valence-electron chi connectivity index (χ0n) is 19.0. The molecule has 3 aromatic carbocycles. The fourth-order valence-electron chi connectivity index (χ4n) is 4.57. The highest BCUT2D eigenvalue weighted by Gasteiger charge is 2.51. The third-order valence-corrected chi connectivity index (χ3v) is 11.1. The number of aliphatic hydroxyl groups excluding tert-OH is 1. The Morgan fingerprint density at radius 3 is 1.69 bits per heavy atom. The summed E-state index contributed by atoms with van der Waals surface area (Å²) in [6, 6.07) is 30.9. The molecule has 1 aliphatic rings. The van der Waals surface area contributed by atoms with Crippen molar-refractivity contribution in [2.75, 3.05) is 13.2 Å². The van der Waals surface area contributed by atoms with E-state index in [0.717, 1.165) is 5.56 Å². The van der Waals surface area contributed by atoms with Gasteiger partial charge in [0.1, 0.15) is 12.2 Å². The molecule has 1 N–H and O–H groups in total. The van der Waals surface area contributed by atoms with Crippen LogP contribution in [-0.4, -0.2) is 38.8 Å². The molecule has 0 spiro atoms. The number of aliphatic hydroxyl groups is 1. The zero-order chi connectivity index (χ0) is 22.6. The number of rotatable bonds is 7. The lowest BCUT2D eigenvalue weighted by atomic mass is 10.2. The van der Waals surface area contributed by atoms with Gasteiger partial charge in [-0.3, -0.25) is 0 Å². The van der Waals surface area contributed by atoms with Gasteiger partial charge in [-0.25, -0.2) is 0 Å². The van der Waals surface area contributed by atoms with Crippen LogP contribution in [0.4, 0.5) is 0 Å². The van der Waals surface area contributed by atoms with Gasteiger partial charge in [0.25, 0.3) is 8.32 Å². The minimum atomic E-state index is -2.68. The van der Waals surface area contributed by atoms with Gasteiger partial charge in [-0.15, -0.1) is 0 Å². The monoisotopic (exact) mass is 448 g/mol. The van der Waals surface area contributed by atoms with Crippen LogP contribution >= 0.6 is 0 Å². The van der Waals surface area contributed by atoms with Gasteiger partial charge in [-0.05, 0) is 15.4 Å². The molecule has 5 heteroatoms. The molecule has 0 amide bonds. The second-order valence-electron chi connectivity index (χ2n) is 9.25. The van der Waals surface area contributed by atoms with Crippen molar-refractivity contribution in [1.29, 1.82) is 0 Å². The van der Waals surface area contributed by atoms with Gasteiger partial charge in [-0.1, -0.05) is 112 Å². The van der Waals surface area contributed by atoms with E-state index >= 15 is 0 Å². The largest absolute Gasteiger partial charge is 0.405 e. The topological polar surface area (TPSA) is 47.9 Å². The molecule has 0 aliphatic carbocycles. The van der Waals surface area contributed by atoms with Gasteiger partial charge >= 0.3 is 0 Å². The average Bonchev–Trinajstić information content (AvgIpc) is 3.24. The molecule has 168 valence electrons. The Morgan fingerprint density at radius 2 is 1.22 bits per heavy atom. The van der Waals surface area contributed by atoms with E-state index < -0.39 is 20.7 Å². The second kappa shape index (κ2) is 9.69. The first-order valence-corrected chi connectivity index (χ1v) is 13.1. The standard InChI is InChI=1S/C27H32O4Si/c1-27(2,3)32(22-15-9-5-10-16-22,23-17-11-6-12-18-23)29-20-25-24(19-28)30-26(31-25)21-13-7-4-8-14-21/h4-18,24-26,28H,19-20H2,1-3H3/t24-,25-,26?/m0/s1. The van der Waals surface area contributed by atoms with Crippen LogP contribution in [0.25, 0.3) is 0 Å². The van der Waals surface area contributed by atoms with Crippen LogP contribution in [0.15, 0.2) is 91.0 Å². The lowest BCUT2D eigenvalue weighted by molar-refractivity contribution is -0.0764. The molecular weight excluding hydrogens is 416 g/mol. The molecule has 0 saturated carbocycles. The summed E-state index contributed by atoms with van der Waals surface area (Å²) < 4.78 is 19.3. The summed E-state index contributed by atoms with van der Waals surface area (Å²) in [6.45, 7) is 6.99. The molecule has 3 aromatic rings. The van der Waals surface area contributed by atoms with E-state index in [4.69, 9.17) is 13.9 Å². The van der Waals surface area contributed by atoms with Crippen molar-refractivity contribution in [3.8, 4) is 0 Å². The number of ether oxygens (including phenoxy) is 2. The quantitative estimate of drug-likeness (QED) is 0.554. The van der Waals surface area contributed by atoms with Gasteiger partial charge in [0.05, 0.1) is 13.2 Å². The molecule has 3 atom stereocenters. The van der Waals surface area contributed by atoms with Crippen LogP contribution in [0, 0.1) is 0 Å². The van der Waals surface area contributed by atoms with Crippen molar-refractivity contribution in [2.45, 2.75) is 44.3 Å². The Balaban J connectivity index is 1.66. The maximum Gasteiger partial charge on any atom is 0.261 e. The molecule has 0 radical (unpaired) electrons. The molecule has 1 heterocycles. The first-order chi connectivity index (χ1) is 15.5. The van der Waals surface area contributed by atoms with Crippen molar-refractivity contribution in [2.24, 2.45) is 0 Å². The molecule has 4 rings (SSSR count). The van der Waals surface area contributed by atoms with E-state index in [0.29, 0.717) is 6.61 Å².